The first-order valence-corrected chi connectivity index (χ1v) is 13.9. The number of nitrogens with one attached hydrogen (secondary N) is 1. The van der Waals surface area contributed by atoms with Crippen molar-refractivity contribution in [3.05, 3.63) is 72.7 Å². The van der Waals surface area contributed by atoms with E-state index < -0.39 is 0 Å². The average Bonchev–Trinajstić information content (AvgIpc) is 3.29. The molecule has 1 saturated heterocycles. The first-order valence-electron chi connectivity index (χ1n) is 11.9. The molecule has 0 amide bonds. The highest BCUT2D eigenvalue weighted by Crippen LogP contribution is 2.34. The maximum absolute atomic E-state index is 4.79. The van der Waals surface area contributed by atoms with Gasteiger partial charge in [0.1, 0.15) is 12.5 Å². The van der Waals surface area contributed by atoms with Crippen LogP contribution >= 0.6 is 0 Å². The van der Waals surface area contributed by atoms with Crippen LogP contribution in [-0.2, 0) is 16.3 Å². The van der Waals surface area contributed by atoms with Crippen LogP contribution in [0.15, 0.2) is 72.0 Å². The van der Waals surface area contributed by atoms with Gasteiger partial charge in [0, 0.05) is 40.5 Å². The van der Waals surface area contributed by atoms with Crippen LogP contribution in [0.3, 0.4) is 0 Å². The Labute approximate surface area is 200 Å². The van der Waals surface area contributed by atoms with Crippen molar-refractivity contribution >= 4 is 16.5 Å². The Morgan fingerprint density at radius 3 is 2.33 bits per heavy atom. The molecule has 1 aliphatic heterocycles. The first-order chi connectivity index (χ1) is 16.0. The topological polar surface area (TPSA) is 42.2 Å². The molecule has 2 aromatic carbocycles. The number of aromatic nitrogens is 3. The summed E-state index contributed by atoms with van der Waals surface area (Å²) < 4.78 is 1.90. The van der Waals surface area contributed by atoms with Crippen LogP contribution in [0.5, 0.6) is 0 Å². The van der Waals surface area contributed by atoms with Gasteiger partial charge < -0.3 is 5.32 Å². The van der Waals surface area contributed by atoms with Crippen LogP contribution in [0.25, 0.3) is 27.9 Å². The fourth-order valence-electron chi connectivity index (χ4n) is 4.48. The zero-order valence-corrected chi connectivity index (χ0v) is 21.2. The second-order valence-electron chi connectivity index (χ2n) is 8.90. The van der Waals surface area contributed by atoms with Crippen molar-refractivity contribution in [1.29, 1.82) is 0 Å². The van der Waals surface area contributed by atoms with E-state index in [0.29, 0.717) is 0 Å². The Balaban J connectivity index is 0.00000126. The van der Waals surface area contributed by atoms with Crippen molar-refractivity contribution in [2.24, 2.45) is 0 Å². The lowest BCUT2D eigenvalue weighted by Crippen LogP contribution is -2.37. The normalized spacial score (nSPS) is 15.3. The lowest BCUT2D eigenvalue weighted by Gasteiger charge is -2.34. The Morgan fingerprint density at radius 2 is 1.64 bits per heavy atom. The lowest BCUT2D eigenvalue weighted by atomic mass is 9.75. The van der Waals surface area contributed by atoms with Gasteiger partial charge in [0.15, 0.2) is 10.5 Å². The van der Waals surface area contributed by atoms with Crippen molar-refractivity contribution in [1.82, 2.24) is 19.9 Å². The molecule has 33 heavy (non-hydrogen) atoms. The van der Waals surface area contributed by atoms with E-state index in [1.54, 1.807) is 0 Å². The number of nitrogens with zero attached hydrogens (tertiary/aromatic N) is 3. The molecule has 3 heterocycles. The monoisotopic (exact) mass is 459 g/mol. The molecule has 2 aromatic heterocycles. The summed E-state index contributed by atoms with van der Waals surface area (Å²) in [5, 5.41) is 8.08. The van der Waals surface area contributed by atoms with E-state index in [2.05, 4.69) is 84.6 Å². The predicted molar refractivity (Wildman–Crippen MR) is 142 cm³/mol. The highest BCUT2D eigenvalue weighted by molar-refractivity contribution is 7.95. The molecule has 0 saturated carbocycles. The molecule has 4 nitrogen and oxygen atoms in total. The second-order valence-corrected chi connectivity index (χ2v) is 11.0. The molecule has 1 N–H and O–H groups in total. The third-order valence-electron chi connectivity index (χ3n) is 6.60. The molecule has 5 rings (SSSR count). The molecule has 1 fully saturated rings. The number of piperidine rings is 1. The standard InChI is InChI=1S/C26H29N4S.C2H6/c1-26(11-13-27-14-12-26)22-9-7-19(8-10-22)21-16-28-25-24(17-29-30(25)18-21)20-5-4-6-23(15-20)31(2)3;1-2/h4-10,15-18,27H,11-14H2,1-3H3;1-2H3/q+1;. The van der Waals surface area contributed by atoms with Crippen molar-refractivity contribution in [3.63, 3.8) is 0 Å². The maximum atomic E-state index is 4.79. The molecule has 0 aliphatic carbocycles. The van der Waals surface area contributed by atoms with Gasteiger partial charge in [0.2, 0.25) is 0 Å². The molecule has 0 bridgehead atoms. The zero-order chi connectivity index (χ0) is 23.4. The molecule has 1 aliphatic rings. The molecule has 0 spiro atoms. The SMILES string of the molecule is CC.C[S+](C)c1cccc(-c2cnn3cc(-c4ccc(C5(C)CCNCC5)cc4)cnc23)c1. The molecular formula is C28H35N4S+. The number of hydrogen-bond donors (Lipinski definition) is 1. The Kier molecular flexibility index (Phi) is 7.20. The van der Waals surface area contributed by atoms with Crippen molar-refractivity contribution in [3.8, 4) is 22.3 Å². The van der Waals surface area contributed by atoms with Crippen LogP contribution in [-0.4, -0.2) is 40.2 Å². The van der Waals surface area contributed by atoms with Gasteiger partial charge in [-0.05, 0) is 54.1 Å². The molecule has 4 aromatic rings. The van der Waals surface area contributed by atoms with Crippen LogP contribution in [0, 0.1) is 0 Å². The molecule has 172 valence electrons. The molecule has 0 atom stereocenters. The Hall–Kier alpha value is -2.63. The summed E-state index contributed by atoms with van der Waals surface area (Å²) in [6.07, 6.45) is 12.8. The third kappa shape index (κ3) is 4.85. The first kappa shape index (κ1) is 23.5. The fourth-order valence-corrected chi connectivity index (χ4v) is 5.19. The minimum absolute atomic E-state index is 0.229. The number of fused-ring (bicyclic) bond motifs is 1. The Bertz CT molecular complexity index is 1200. The smallest absolute Gasteiger partial charge is 0.162 e. The third-order valence-corrected chi connectivity index (χ3v) is 7.79. The van der Waals surface area contributed by atoms with Crippen LogP contribution in [0.4, 0.5) is 0 Å². The minimum atomic E-state index is 0.229. The minimum Gasteiger partial charge on any atom is -0.317 e. The van der Waals surface area contributed by atoms with E-state index in [1.807, 2.05) is 30.8 Å². The van der Waals surface area contributed by atoms with E-state index in [4.69, 9.17) is 4.98 Å². The van der Waals surface area contributed by atoms with Gasteiger partial charge in [0.25, 0.3) is 0 Å². The fraction of sp³-hybridized carbons (Fsp3) is 0.357. The summed E-state index contributed by atoms with van der Waals surface area (Å²) in [5.41, 5.74) is 7.11. The number of rotatable bonds is 4. The van der Waals surface area contributed by atoms with Gasteiger partial charge in [-0.2, -0.15) is 5.10 Å². The van der Waals surface area contributed by atoms with Crippen molar-refractivity contribution in [2.45, 2.75) is 43.9 Å². The number of benzene rings is 2. The van der Waals surface area contributed by atoms with Crippen LogP contribution in [0.2, 0.25) is 0 Å². The van der Waals surface area contributed by atoms with E-state index in [1.165, 1.54) is 34.4 Å². The van der Waals surface area contributed by atoms with Gasteiger partial charge in [0.05, 0.1) is 6.20 Å². The van der Waals surface area contributed by atoms with E-state index in [-0.39, 0.29) is 16.3 Å². The summed E-state index contributed by atoms with van der Waals surface area (Å²) in [4.78, 5) is 6.15. The van der Waals surface area contributed by atoms with Gasteiger partial charge >= 0.3 is 0 Å². The maximum Gasteiger partial charge on any atom is 0.162 e. The van der Waals surface area contributed by atoms with Gasteiger partial charge in [-0.25, -0.2) is 9.50 Å². The summed E-state index contributed by atoms with van der Waals surface area (Å²) >= 11 is 0. The summed E-state index contributed by atoms with van der Waals surface area (Å²) in [5.74, 6) is 0. The summed E-state index contributed by atoms with van der Waals surface area (Å²) in [6, 6.07) is 17.7. The van der Waals surface area contributed by atoms with E-state index in [0.717, 1.165) is 29.9 Å². The van der Waals surface area contributed by atoms with Gasteiger partial charge in [-0.3, -0.25) is 0 Å². The quantitative estimate of drug-likeness (QED) is 0.383. The molecule has 0 unspecified atom stereocenters. The largest absolute Gasteiger partial charge is 0.317 e. The van der Waals surface area contributed by atoms with Crippen molar-refractivity contribution < 1.29 is 0 Å². The average molecular weight is 460 g/mol. The van der Waals surface area contributed by atoms with Crippen molar-refractivity contribution in [2.75, 3.05) is 25.6 Å². The molecule has 0 radical (unpaired) electrons. The molecule has 5 heteroatoms. The lowest BCUT2D eigenvalue weighted by molar-refractivity contribution is 0.335. The molecular weight excluding hydrogens is 424 g/mol. The zero-order valence-electron chi connectivity index (χ0n) is 20.4. The predicted octanol–water partition coefficient (Wildman–Crippen LogP) is 5.97. The summed E-state index contributed by atoms with van der Waals surface area (Å²) in [6.45, 7) is 8.58. The van der Waals surface area contributed by atoms with Gasteiger partial charge in [-0.15, -0.1) is 0 Å². The van der Waals surface area contributed by atoms with E-state index in [9.17, 15) is 0 Å². The van der Waals surface area contributed by atoms with Crippen LogP contribution in [0.1, 0.15) is 39.2 Å². The van der Waals surface area contributed by atoms with Gasteiger partial charge in [-0.1, -0.05) is 57.2 Å². The van der Waals surface area contributed by atoms with Crippen LogP contribution < -0.4 is 5.32 Å². The Morgan fingerprint density at radius 1 is 0.909 bits per heavy atom. The summed E-state index contributed by atoms with van der Waals surface area (Å²) in [7, 11) is 0.229. The van der Waals surface area contributed by atoms with E-state index >= 15 is 0 Å². The highest BCUT2D eigenvalue weighted by Gasteiger charge is 2.28. The highest BCUT2D eigenvalue weighted by atomic mass is 32.2. The number of hydrogen-bond acceptors (Lipinski definition) is 3. The second kappa shape index (κ2) is 10.1.